The quantitative estimate of drug-likeness (QED) is 0.800. The first kappa shape index (κ1) is 14.4. The Morgan fingerprint density at radius 1 is 1.26 bits per heavy atom. The molecule has 0 radical (unpaired) electrons. The highest BCUT2D eigenvalue weighted by molar-refractivity contribution is 5.47. The third kappa shape index (κ3) is 2.63. The molecule has 1 N–H and O–H groups in total. The lowest BCUT2D eigenvalue weighted by Crippen LogP contribution is -2.47. The first-order valence-electron chi connectivity index (χ1n) is 7.01. The highest BCUT2D eigenvalue weighted by atomic mass is 16.5. The Bertz CT molecular complexity index is 439. The summed E-state index contributed by atoms with van der Waals surface area (Å²) in [4.78, 5) is 0. The van der Waals surface area contributed by atoms with Gasteiger partial charge < -0.3 is 14.8 Å². The SMILES string of the molecule is CNCCCC1(c2ccc(OC)c(C)c2C)COC1. The zero-order valence-electron chi connectivity index (χ0n) is 12.5. The van der Waals surface area contributed by atoms with Crippen LogP contribution in [0.1, 0.15) is 29.5 Å². The highest BCUT2D eigenvalue weighted by Gasteiger charge is 2.40. The maximum absolute atomic E-state index is 5.52. The highest BCUT2D eigenvalue weighted by Crippen LogP contribution is 2.40. The molecule has 0 spiro atoms. The number of hydrogen-bond acceptors (Lipinski definition) is 3. The molecule has 3 nitrogen and oxygen atoms in total. The van der Waals surface area contributed by atoms with Gasteiger partial charge in [-0.2, -0.15) is 0 Å². The smallest absolute Gasteiger partial charge is 0.122 e. The Labute approximate surface area is 116 Å². The van der Waals surface area contributed by atoms with Crippen molar-refractivity contribution in [3.63, 3.8) is 0 Å². The molecule has 3 heteroatoms. The van der Waals surface area contributed by atoms with Crippen LogP contribution < -0.4 is 10.1 Å². The average Bonchev–Trinajstić information content (AvgIpc) is 2.37. The first-order valence-corrected chi connectivity index (χ1v) is 7.01. The summed E-state index contributed by atoms with van der Waals surface area (Å²) in [7, 11) is 3.74. The minimum atomic E-state index is 0.220. The molecule has 0 atom stereocenters. The minimum absolute atomic E-state index is 0.220. The topological polar surface area (TPSA) is 30.5 Å². The minimum Gasteiger partial charge on any atom is -0.496 e. The van der Waals surface area contributed by atoms with Gasteiger partial charge >= 0.3 is 0 Å². The predicted octanol–water partition coefficient (Wildman–Crippen LogP) is 2.58. The molecule has 1 heterocycles. The summed E-state index contributed by atoms with van der Waals surface area (Å²) in [5.41, 5.74) is 4.26. The molecule has 0 saturated carbocycles. The number of methoxy groups -OCH3 is 1. The van der Waals surface area contributed by atoms with E-state index >= 15 is 0 Å². The molecule has 0 bridgehead atoms. The van der Waals surface area contributed by atoms with Crippen molar-refractivity contribution in [2.75, 3.05) is 33.9 Å². The summed E-state index contributed by atoms with van der Waals surface area (Å²) >= 11 is 0. The molecule has 0 aromatic heterocycles. The molecule has 1 aromatic rings. The van der Waals surface area contributed by atoms with Gasteiger partial charge in [-0.3, -0.25) is 0 Å². The van der Waals surface area contributed by atoms with E-state index in [4.69, 9.17) is 9.47 Å². The molecule has 0 aliphatic carbocycles. The van der Waals surface area contributed by atoms with Crippen molar-refractivity contribution < 1.29 is 9.47 Å². The summed E-state index contributed by atoms with van der Waals surface area (Å²) in [6, 6.07) is 4.32. The standard InChI is InChI=1S/C16H25NO2/c1-12-13(2)15(18-4)7-6-14(12)16(10-19-11-16)8-5-9-17-3/h6-7,17H,5,8-11H2,1-4H3. The summed E-state index contributed by atoms with van der Waals surface area (Å²) in [5, 5.41) is 3.22. The molecule has 1 saturated heterocycles. The van der Waals surface area contributed by atoms with Gasteiger partial charge in [-0.25, -0.2) is 0 Å². The lowest BCUT2D eigenvalue weighted by molar-refractivity contribution is -0.0654. The predicted molar refractivity (Wildman–Crippen MR) is 78.1 cm³/mol. The lowest BCUT2D eigenvalue weighted by Gasteiger charge is -2.43. The maximum atomic E-state index is 5.52. The van der Waals surface area contributed by atoms with Gasteiger partial charge in [0.15, 0.2) is 0 Å². The molecular weight excluding hydrogens is 238 g/mol. The second kappa shape index (κ2) is 5.93. The number of nitrogens with one attached hydrogen (secondary N) is 1. The Morgan fingerprint density at radius 3 is 2.53 bits per heavy atom. The zero-order valence-corrected chi connectivity index (χ0v) is 12.5. The fraction of sp³-hybridized carbons (Fsp3) is 0.625. The van der Waals surface area contributed by atoms with Gasteiger partial charge in [-0.1, -0.05) is 6.07 Å². The number of hydrogen-bond donors (Lipinski definition) is 1. The Balaban J connectivity index is 2.26. The fourth-order valence-corrected chi connectivity index (χ4v) is 2.98. The molecule has 2 rings (SSSR count). The molecule has 1 fully saturated rings. The summed E-state index contributed by atoms with van der Waals surface area (Å²) < 4.78 is 10.9. The largest absolute Gasteiger partial charge is 0.496 e. The van der Waals surface area contributed by atoms with E-state index in [1.165, 1.54) is 29.5 Å². The van der Waals surface area contributed by atoms with Crippen LogP contribution in [0.5, 0.6) is 5.75 Å². The number of benzene rings is 1. The maximum Gasteiger partial charge on any atom is 0.122 e. The van der Waals surface area contributed by atoms with Crippen molar-refractivity contribution in [2.24, 2.45) is 0 Å². The van der Waals surface area contributed by atoms with Crippen LogP contribution >= 0.6 is 0 Å². The van der Waals surface area contributed by atoms with Crippen LogP contribution in [-0.2, 0) is 10.2 Å². The van der Waals surface area contributed by atoms with Crippen molar-refractivity contribution in [2.45, 2.75) is 32.1 Å². The number of rotatable bonds is 6. The van der Waals surface area contributed by atoms with E-state index < -0.39 is 0 Å². The normalized spacial score (nSPS) is 17.1. The second-order valence-corrected chi connectivity index (χ2v) is 5.55. The molecule has 19 heavy (non-hydrogen) atoms. The fourth-order valence-electron chi connectivity index (χ4n) is 2.98. The van der Waals surface area contributed by atoms with Crippen molar-refractivity contribution in [3.05, 3.63) is 28.8 Å². The zero-order chi connectivity index (χ0) is 13.9. The van der Waals surface area contributed by atoms with Crippen LogP contribution in [0.25, 0.3) is 0 Å². The van der Waals surface area contributed by atoms with Gasteiger partial charge in [0.05, 0.1) is 20.3 Å². The van der Waals surface area contributed by atoms with Crippen LogP contribution in [0, 0.1) is 13.8 Å². The summed E-state index contributed by atoms with van der Waals surface area (Å²) in [6.07, 6.45) is 2.37. The molecule has 1 aliphatic rings. The van der Waals surface area contributed by atoms with E-state index in [0.717, 1.165) is 25.5 Å². The van der Waals surface area contributed by atoms with E-state index in [1.807, 2.05) is 7.05 Å². The van der Waals surface area contributed by atoms with Crippen LogP contribution in [-0.4, -0.2) is 33.9 Å². The van der Waals surface area contributed by atoms with Crippen LogP contribution in [0.15, 0.2) is 12.1 Å². The van der Waals surface area contributed by atoms with Gasteiger partial charge in [-0.05, 0) is 63.0 Å². The van der Waals surface area contributed by atoms with Crippen LogP contribution in [0.3, 0.4) is 0 Å². The van der Waals surface area contributed by atoms with Crippen molar-refractivity contribution >= 4 is 0 Å². The van der Waals surface area contributed by atoms with E-state index in [2.05, 4.69) is 31.3 Å². The lowest BCUT2D eigenvalue weighted by atomic mass is 9.72. The summed E-state index contributed by atoms with van der Waals surface area (Å²) in [6.45, 7) is 7.10. The molecular formula is C16H25NO2. The van der Waals surface area contributed by atoms with E-state index in [9.17, 15) is 0 Å². The Morgan fingerprint density at radius 2 is 2.00 bits per heavy atom. The van der Waals surface area contributed by atoms with Gasteiger partial charge in [0, 0.05) is 5.41 Å². The number of ether oxygens (including phenoxy) is 2. The van der Waals surface area contributed by atoms with Gasteiger partial charge in [-0.15, -0.1) is 0 Å². The van der Waals surface area contributed by atoms with E-state index in [0.29, 0.717) is 0 Å². The van der Waals surface area contributed by atoms with Gasteiger partial charge in [0.1, 0.15) is 5.75 Å². The molecule has 0 amide bonds. The van der Waals surface area contributed by atoms with Gasteiger partial charge in [0.2, 0.25) is 0 Å². The molecule has 1 aliphatic heterocycles. The van der Waals surface area contributed by atoms with Crippen molar-refractivity contribution in [3.8, 4) is 5.75 Å². The monoisotopic (exact) mass is 263 g/mol. The molecule has 1 aromatic carbocycles. The van der Waals surface area contributed by atoms with E-state index in [1.54, 1.807) is 7.11 Å². The summed E-state index contributed by atoms with van der Waals surface area (Å²) in [5.74, 6) is 0.979. The third-order valence-corrected chi connectivity index (χ3v) is 4.37. The first-order chi connectivity index (χ1) is 9.14. The second-order valence-electron chi connectivity index (χ2n) is 5.55. The average molecular weight is 263 g/mol. The Kier molecular flexibility index (Phi) is 4.48. The molecule has 106 valence electrons. The van der Waals surface area contributed by atoms with Crippen molar-refractivity contribution in [1.29, 1.82) is 0 Å². The van der Waals surface area contributed by atoms with Crippen molar-refractivity contribution in [1.82, 2.24) is 5.32 Å². The molecule has 0 unspecified atom stereocenters. The van der Waals surface area contributed by atoms with Crippen LogP contribution in [0.4, 0.5) is 0 Å². The van der Waals surface area contributed by atoms with Crippen LogP contribution in [0.2, 0.25) is 0 Å². The Hall–Kier alpha value is -1.06. The third-order valence-electron chi connectivity index (χ3n) is 4.37. The van der Waals surface area contributed by atoms with E-state index in [-0.39, 0.29) is 5.41 Å². The van der Waals surface area contributed by atoms with Gasteiger partial charge in [0.25, 0.3) is 0 Å².